The second kappa shape index (κ2) is 5.64. The summed E-state index contributed by atoms with van der Waals surface area (Å²) in [6.07, 6.45) is 4.39. The molecule has 0 bridgehead atoms. The van der Waals surface area contributed by atoms with Crippen LogP contribution in [0.25, 0.3) is 0 Å². The van der Waals surface area contributed by atoms with Crippen LogP contribution in [-0.2, 0) is 16.9 Å². The molecule has 1 aromatic heterocycles. The van der Waals surface area contributed by atoms with Crippen LogP contribution < -0.4 is 10.5 Å². The quantitative estimate of drug-likeness (QED) is 0.885. The van der Waals surface area contributed by atoms with Gasteiger partial charge in [-0.25, -0.2) is 8.42 Å². The Bertz CT molecular complexity index is 677. The summed E-state index contributed by atoms with van der Waals surface area (Å²) in [6.45, 7) is 0.305. The van der Waals surface area contributed by atoms with Gasteiger partial charge in [-0.1, -0.05) is 0 Å². The monoisotopic (exact) mass is 295 g/mol. The van der Waals surface area contributed by atoms with E-state index in [4.69, 9.17) is 10.5 Å². The molecule has 0 amide bonds. The molecular formula is C13H17N3O3S. The highest BCUT2D eigenvalue weighted by Gasteiger charge is 2.14. The average Bonchev–Trinajstić information content (AvgIpc) is 2.82. The molecule has 20 heavy (non-hydrogen) atoms. The van der Waals surface area contributed by atoms with Crippen LogP contribution in [0.2, 0.25) is 0 Å². The molecule has 2 rings (SSSR count). The third-order valence-electron chi connectivity index (χ3n) is 2.84. The maximum Gasteiger partial charge on any atom is 0.175 e. The van der Waals surface area contributed by atoms with Crippen molar-refractivity contribution in [1.82, 2.24) is 9.78 Å². The number of rotatable bonds is 5. The first-order valence-corrected chi connectivity index (χ1v) is 7.94. The number of hydrogen-bond acceptors (Lipinski definition) is 5. The van der Waals surface area contributed by atoms with Crippen molar-refractivity contribution in [2.45, 2.75) is 11.0 Å². The Morgan fingerprint density at radius 3 is 2.45 bits per heavy atom. The van der Waals surface area contributed by atoms with E-state index in [-0.39, 0.29) is 11.0 Å². The van der Waals surface area contributed by atoms with Crippen LogP contribution in [0.4, 0.5) is 0 Å². The van der Waals surface area contributed by atoms with Crippen molar-refractivity contribution < 1.29 is 13.2 Å². The van der Waals surface area contributed by atoms with Crippen LogP contribution in [0.5, 0.6) is 5.75 Å². The van der Waals surface area contributed by atoms with Crippen molar-refractivity contribution >= 4 is 9.84 Å². The van der Waals surface area contributed by atoms with E-state index >= 15 is 0 Å². The number of sulfone groups is 1. The summed E-state index contributed by atoms with van der Waals surface area (Å²) >= 11 is 0. The van der Waals surface area contributed by atoms with Gasteiger partial charge in [-0.15, -0.1) is 0 Å². The van der Waals surface area contributed by atoms with Gasteiger partial charge in [0, 0.05) is 31.6 Å². The minimum atomic E-state index is -3.20. The Balaban J connectivity index is 2.16. The first kappa shape index (κ1) is 14.5. The van der Waals surface area contributed by atoms with E-state index in [2.05, 4.69) is 5.10 Å². The lowest BCUT2D eigenvalue weighted by Gasteiger charge is -2.16. The van der Waals surface area contributed by atoms with Gasteiger partial charge < -0.3 is 10.5 Å². The lowest BCUT2D eigenvalue weighted by Crippen LogP contribution is -2.18. The zero-order valence-corrected chi connectivity index (χ0v) is 12.2. The zero-order valence-electron chi connectivity index (χ0n) is 11.4. The van der Waals surface area contributed by atoms with E-state index in [1.807, 2.05) is 13.2 Å². The molecule has 0 saturated carbocycles. The third kappa shape index (κ3) is 3.37. The van der Waals surface area contributed by atoms with E-state index in [0.717, 1.165) is 5.56 Å². The van der Waals surface area contributed by atoms with Crippen molar-refractivity contribution in [3.8, 4) is 5.75 Å². The van der Waals surface area contributed by atoms with E-state index in [1.165, 1.54) is 18.4 Å². The summed E-state index contributed by atoms with van der Waals surface area (Å²) in [5.41, 5.74) is 6.58. The van der Waals surface area contributed by atoms with Gasteiger partial charge in [-0.05, 0) is 24.3 Å². The van der Waals surface area contributed by atoms with Crippen LogP contribution in [-0.4, -0.2) is 31.0 Å². The third-order valence-corrected chi connectivity index (χ3v) is 3.97. The summed E-state index contributed by atoms with van der Waals surface area (Å²) in [7, 11) is -1.38. The number of aromatic nitrogens is 2. The van der Waals surface area contributed by atoms with Gasteiger partial charge >= 0.3 is 0 Å². The highest BCUT2D eigenvalue weighted by molar-refractivity contribution is 7.90. The van der Waals surface area contributed by atoms with Gasteiger partial charge in [-0.2, -0.15) is 5.10 Å². The lowest BCUT2D eigenvalue weighted by atomic mass is 10.2. The van der Waals surface area contributed by atoms with Gasteiger partial charge in [0.25, 0.3) is 0 Å². The number of ether oxygens (including phenoxy) is 1. The smallest absolute Gasteiger partial charge is 0.175 e. The molecule has 0 spiro atoms. The fraction of sp³-hybridized carbons (Fsp3) is 0.308. The molecule has 7 heteroatoms. The highest BCUT2D eigenvalue weighted by Crippen LogP contribution is 2.22. The Kier molecular flexibility index (Phi) is 4.10. The maximum atomic E-state index is 11.4. The maximum absolute atomic E-state index is 11.4. The highest BCUT2D eigenvalue weighted by atomic mass is 32.2. The molecule has 1 heterocycles. The number of nitrogens with two attached hydrogens (primary N) is 1. The average molecular weight is 295 g/mol. The molecule has 0 aliphatic carbocycles. The predicted octanol–water partition coefficient (Wildman–Crippen LogP) is 0.902. The summed E-state index contributed by atoms with van der Waals surface area (Å²) in [4.78, 5) is 0.260. The molecule has 0 radical (unpaired) electrons. The fourth-order valence-corrected chi connectivity index (χ4v) is 2.42. The number of hydrogen-bond donors (Lipinski definition) is 1. The molecule has 6 nitrogen and oxygen atoms in total. The van der Waals surface area contributed by atoms with E-state index in [1.54, 1.807) is 23.0 Å². The minimum Gasteiger partial charge on any atom is -0.484 e. The fourth-order valence-electron chi connectivity index (χ4n) is 1.79. The molecule has 0 saturated heterocycles. The topological polar surface area (TPSA) is 87.2 Å². The second-order valence-electron chi connectivity index (χ2n) is 4.53. The summed E-state index contributed by atoms with van der Waals surface area (Å²) in [5, 5.41) is 4.08. The van der Waals surface area contributed by atoms with Crippen molar-refractivity contribution in [3.05, 3.63) is 42.2 Å². The Hall–Kier alpha value is -1.86. The number of nitrogens with zero attached hydrogens (tertiary/aromatic N) is 2. The normalized spacial score (nSPS) is 13.2. The standard InChI is InChI=1S/C13H17N3O3S/c1-16-9-10(8-15-16)13(7-14)19-11-3-5-12(6-4-11)20(2,17)18/h3-6,8-9,13H,7,14H2,1-2H3. The lowest BCUT2D eigenvalue weighted by molar-refractivity contribution is 0.214. The molecule has 108 valence electrons. The Morgan fingerprint density at radius 2 is 2.00 bits per heavy atom. The second-order valence-corrected chi connectivity index (χ2v) is 6.55. The molecular weight excluding hydrogens is 278 g/mol. The Labute approximate surface area is 118 Å². The van der Waals surface area contributed by atoms with Gasteiger partial charge in [-0.3, -0.25) is 4.68 Å². The summed E-state index contributed by atoms with van der Waals surface area (Å²) in [5.74, 6) is 0.566. The Morgan fingerprint density at radius 1 is 1.35 bits per heavy atom. The van der Waals surface area contributed by atoms with Gasteiger partial charge in [0.2, 0.25) is 0 Å². The molecule has 1 aromatic carbocycles. The molecule has 1 atom stereocenters. The van der Waals surface area contributed by atoms with Crippen molar-refractivity contribution in [3.63, 3.8) is 0 Å². The van der Waals surface area contributed by atoms with Gasteiger partial charge in [0.05, 0.1) is 11.1 Å². The van der Waals surface area contributed by atoms with E-state index in [9.17, 15) is 8.42 Å². The van der Waals surface area contributed by atoms with Crippen LogP contribution >= 0.6 is 0 Å². The van der Waals surface area contributed by atoms with E-state index < -0.39 is 9.84 Å². The molecule has 2 aromatic rings. The first-order chi connectivity index (χ1) is 9.40. The van der Waals surface area contributed by atoms with Crippen LogP contribution in [0.15, 0.2) is 41.6 Å². The molecule has 0 fully saturated rings. The van der Waals surface area contributed by atoms with Crippen molar-refractivity contribution in [1.29, 1.82) is 0 Å². The van der Waals surface area contributed by atoms with Crippen LogP contribution in [0.3, 0.4) is 0 Å². The number of benzene rings is 1. The summed E-state index contributed by atoms with van der Waals surface area (Å²) in [6, 6.07) is 6.27. The van der Waals surface area contributed by atoms with Gasteiger partial charge in [0.1, 0.15) is 11.9 Å². The van der Waals surface area contributed by atoms with Crippen molar-refractivity contribution in [2.75, 3.05) is 12.8 Å². The minimum absolute atomic E-state index is 0.260. The van der Waals surface area contributed by atoms with Gasteiger partial charge in [0.15, 0.2) is 9.84 Å². The molecule has 2 N–H and O–H groups in total. The van der Waals surface area contributed by atoms with E-state index in [0.29, 0.717) is 12.3 Å². The largest absolute Gasteiger partial charge is 0.484 e. The number of aryl methyl sites for hydroxylation is 1. The molecule has 0 aliphatic rings. The molecule has 0 aliphatic heterocycles. The first-order valence-electron chi connectivity index (χ1n) is 6.05. The van der Waals surface area contributed by atoms with Crippen molar-refractivity contribution in [2.24, 2.45) is 12.8 Å². The summed E-state index contributed by atoms with van der Waals surface area (Å²) < 4.78 is 30.2. The zero-order chi connectivity index (χ0) is 14.8. The predicted molar refractivity (Wildman–Crippen MR) is 75.2 cm³/mol. The molecule has 1 unspecified atom stereocenters. The van der Waals surface area contributed by atoms with Crippen LogP contribution in [0.1, 0.15) is 11.7 Å². The SMILES string of the molecule is Cn1cc(C(CN)Oc2ccc(S(C)(=O)=O)cc2)cn1. The van der Waals surface area contributed by atoms with Crippen LogP contribution in [0, 0.1) is 0 Å².